The molecule has 0 amide bonds. The van der Waals surface area contributed by atoms with Gasteiger partial charge in [0.25, 0.3) is 0 Å². The van der Waals surface area contributed by atoms with Crippen molar-refractivity contribution < 1.29 is 23.1 Å². The van der Waals surface area contributed by atoms with Gasteiger partial charge in [0.05, 0.1) is 11.8 Å². The first kappa shape index (κ1) is 17.7. The highest BCUT2D eigenvalue weighted by Gasteiger charge is 2.30. The van der Waals surface area contributed by atoms with Crippen molar-refractivity contribution >= 4 is 5.97 Å². The summed E-state index contributed by atoms with van der Waals surface area (Å²) >= 11 is 0. The van der Waals surface area contributed by atoms with Crippen LogP contribution < -0.4 is 0 Å². The van der Waals surface area contributed by atoms with Gasteiger partial charge < -0.3 is 5.11 Å². The Morgan fingerprint density at radius 1 is 1.12 bits per heavy atom. The largest absolute Gasteiger partial charge is 0.480 e. The van der Waals surface area contributed by atoms with E-state index in [0.717, 1.165) is 23.3 Å². The first-order valence-corrected chi connectivity index (χ1v) is 7.81. The van der Waals surface area contributed by atoms with Gasteiger partial charge in [-0.15, -0.1) is 0 Å². The maximum atomic E-state index is 12.9. The van der Waals surface area contributed by atoms with E-state index in [2.05, 4.69) is 5.10 Å². The van der Waals surface area contributed by atoms with E-state index in [0.29, 0.717) is 17.5 Å². The molecule has 0 aliphatic carbocycles. The molecule has 1 N–H and O–H groups in total. The summed E-state index contributed by atoms with van der Waals surface area (Å²) in [6.45, 7) is -0.254. The average Bonchev–Trinajstić information content (AvgIpc) is 3.02. The molecule has 0 bridgehead atoms. The van der Waals surface area contributed by atoms with Gasteiger partial charge in [0.1, 0.15) is 6.54 Å². The second kappa shape index (κ2) is 7.03. The Kier molecular flexibility index (Phi) is 4.79. The molecule has 0 aliphatic heterocycles. The van der Waals surface area contributed by atoms with Crippen molar-refractivity contribution in [2.75, 3.05) is 0 Å². The zero-order chi connectivity index (χ0) is 18.7. The van der Waals surface area contributed by atoms with E-state index >= 15 is 0 Å². The zero-order valence-corrected chi connectivity index (χ0v) is 13.6. The Morgan fingerprint density at radius 3 is 2.62 bits per heavy atom. The third kappa shape index (κ3) is 4.11. The summed E-state index contributed by atoms with van der Waals surface area (Å²) in [6.07, 6.45) is -0.898. The lowest BCUT2D eigenvalue weighted by Crippen LogP contribution is -2.08. The Labute approximate surface area is 147 Å². The summed E-state index contributed by atoms with van der Waals surface area (Å²) in [5.41, 5.74) is 2.23. The predicted octanol–water partition coefficient (Wildman–Crippen LogP) is 4.24. The fourth-order valence-corrected chi connectivity index (χ4v) is 2.76. The maximum Gasteiger partial charge on any atom is 0.416 e. The van der Waals surface area contributed by atoms with E-state index in [4.69, 9.17) is 5.11 Å². The standard InChI is InChI=1S/C19H15F3N2O2/c20-19(21,22)16-6-3-4-13(9-16)8-14-5-1-2-7-17(14)15-10-23-24(11-15)12-18(25)26/h1-7,9-11H,8,12H2,(H,25,26). The Morgan fingerprint density at radius 2 is 1.88 bits per heavy atom. The predicted molar refractivity (Wildman–Crippen MR) is 89.5 cm³/mol. The van der Waals surface area contributed by atoms with Crippen LogP contribution in [0.1, 0.15) is 16.7 Å². The minimum atomic E-state index is -4.38. The molecule has 3 rings (SSSR count). The quantitative estimate of drug-likeness (QED) is 0.740. The molecule has 0 aliphatic rings. The third-order valence-corrected chi connectivity index (χ3v) is 3.91. The lowest BCUT2D eigenvalue weighted by molar-refractivity contribution is -0.138. The van der Waals surface area contributed by atoms with Gasteiger partial charge in [0, 0.05) is 11.8 Å². The van der Waals surface area contributed by atoms with Gasteiger partial charge in [-0.1, -0.05) is 42.5 Å². The Bertz CT molecular complexity index is 932. The van der Waals surface area contributed by atoms with Crippen LogP contribution in [0.3, 0.4) is 0 Å². The van der Waals surface area contributed by atoms with Gasteiger partial charge in [-0.3, -0.25) is 9.48 Å². The summed E-state index contributed by atoms with van der Waals surface area (Å²) in [7, 11) is 0. The molecule has 1 aromatic heterocycles. The number of carboxylic acid groups (broad SMARTS) is 1. The number of benzene rings is 2. The van der Waals surface area contributed by atoms with E-state index in [-0.39, 0.29) is 6.54 Å². The normalized spacial score (nSPS) is 11.5. The summed E-state index contributed by atoms with van der Waals surface area (Å²) in [5, 5.41) is 12.8. The van der Waals surface area contributed by atoms with Crippen molar-refractivity contribution in [3.63, 3.8) is 0 Å². The minimum absolute atomic E-state index is 0.254. The van der Waals surface area contributed by atoms with Crippen molar-refractivity contribution in [1.29, 1.82) is 0 Å². The lowest BCUT2D eigenvalue weighted by atomic mass is 9.96. The van der Waals surface area contributed by atoms with Crippen molar-refractivity contribution in [3.05, 3.63) is 77.6 Å². The summed E-state index contributed by atoms with van der Waals surface area (Å²) in [5.74, 6) is -1.00. The molecular formula is C19H15F3N2O2. The molecule has 2 aromatic carbocycles. The van der Waals surface area contributed by atoms with Crippen LogP contribution in [0.2, 0.25) is 0 Å². The third-order valence-electron chi connectivity index (χ3n) is 3.91. The van der Waals surface area contributed by atoms with E-state index in [9.17, 15) is 18.0 Å². The smallest absolute Gasteiger partial charge is 0.416 e. The Hall–Kier alpha value is -3.09. The molecule has 1 heterocycles. The number of aromatic nitrogens is 2. The second-order valence-corrected chi connectivity index (χ2v) is 5.85. The maximum absolute atomic E-state index is 12.9. The minimum Gasteiger partial charge on any atom is -0.480 e. The molecule has 4 nitrogen and oxygen atoms in total. The summed E-state index contributed by atoms with van der Waals surface area (Å²) < 4.78 is 40.0. The van der Waals surface area contributed by atoms with E-state index in [1.54, 1.807) is 18.5 Å². The fraction of sp³-hybridized carbons (Fsp3) is 0.158. The van der Waals surface area contributed by atoms with Crippen LogP contribution in [-0.2, 0) is 23.9 Å². The van der Waals surface area contributed by atoms with Crippen molar-refractivity contribution in [3.8, 4) is 11.1 Å². The molecule has 0 radical (unpaired) electrons. The van der Waals surface area contributed by atoms with Crippen molar-refractivity contribution in [2.45, 2.75) is 19.1 Å². The van der Waals surface area contributed by atoms with Gasteiger partial charge in [0.2, 0.25) is 0 Å². The highest BCUT2D eigenvalue weighted by molar-refractivity contribution is 5.69. The summed E-state index contributed by atoms with van der Waals surface area (Å²) in [4.78, 5) is 10.8. The number of nitrogens with zero attached hydrogens (tertiary/aromatic N) is 2. The molecule has 0 saturated heterocycles. The zero-order valence-electron chi connectivity index (χ0n) is 13.6. The number of carbonyl (C=O) groups is 1. The van der Waals surface area contributed by atoms with Crippen LogP contribution in [-0.4, -0.2) is 20.9 Å². The van der Waals surface area contributed by atoms with Crippen LogP contribution in [0.15, 0.2) is 60.9 Å². The monoisotopic (exact) mass is 360 g/mol. The fourth-order valence-electron chi connectivity index (χ4n) is 2.76. The number of rotatable bonds is 5. The molecule has 26 heavy (non-hydrogen) atoms. The van der Waals surface area contributed by atoms with Gasteiger partial charge in [-0.25, -0.2) is 0 Å². The highest BCUT2D eigenvalue weighted by Crippen LogP contribution is 2.31. The van der Waals surface area contributed by atoms with Crippen LogP contribution in [0.5, 0.6) is 0 Å². The molecule has 7 heteroatoms. The second-order valence-electron chi connectivity index (χ2n) is 5.85. The Balaban J connectivity index is 1.91. The number of aliphatic carboxylic acids is 1. The first-order chi connectivity index (χ1) is 12.3. The lowest BCUT2D eigenvalue weighted by Gasteiger charge is -2.11. The first-order valence-electron chi connectivity index (χ1n) is 7.81. The number of hydrogen-bond donors (Lipinski definition) is 1. The molecule has 0 spiro atoms. The van der Waals surface area contributed by atoms with E-state index in [1.807, 2.05) is 24.3 Å². The number of hydrogen-bond acceptors (Lipinski definition) is 2. The van der Waals surface area contributed by atoms with Gasteiger partial charge in [-0.2, -0.15) is 18.3 Å². The van der Waals surface area contributed by atoms with Crippen LogP contribution in [0.25, 0.3) is 11.1 Å². The molecule has 0 unspecified atom stereocenters. The average molecular weight is 360 g/mol. The summed E-state index contributed by atoms with van der Waals surface area (Å²) in [6, 6.07) is 12.5. The van der Waals surface area contributed by atoms with Crippen LogP contribution in [0.4, 0.5) is 13.2 Å². The topological polar surface area (TPSA) is 55.1 Å². The van der Waals surface area contributed by atoms with Crippen LogP contribution >= 0.6 is 0 Å². The van der Waals surface area contributed by atoms with Gasteiger partial charge in [0.15, 0.2) is 0 Å². The SMILES string of the molecule is O=C(O)Cn1cc(-c2ccccc2Cc2cccc(C(F)(F)F)c2)cn1. The number of halogens is 3. The van der Waals surface area contributed by atoms with Gasteiger partial charge >= 0.3 is 12.1 Å². The van der Waals surface area contributed by atoms with Crippen LogP contribution in [0, 0.1) is 0 Å². The number of alkyl halides is 3. The molecule has 3 aromatic rings. The van der Waals surface area contributed by atoms with Crippen molar-refractivity contribution in [2.24, 2.45) is 0 Å². The molecule has 0 fully saturated rings. The molecule has 0 saturated carbocycles. The van der Waals surface area contributed by atoms with E-state index < -0.39 is 17.7 Å². The van der Waals surface area contributed by atoms with E-state index in [1.165, 1.54) is 10.7 Å². The molecule has 134 valence electrons. The van der Waals surface area contributed by atoms with Crippen molar-refractivity contribution in [1.82, 2.24) is 9.78 Å². The highest BCUT2D eigenvalue weighted by atomic mass is 19.4. The number of carboxylic acids is 1. The van der Waals surface area contributed by atoms with Gasteiger partial charge in [-0.05, 0) is 29.2 Å². The molecular weight excluding hydrogens is 345 g/mol. The molecule has 0 atom stereocenters.